The zero-order chi connectivity index (χ0) is 10.1. The molecule has 0 radical (unpaired) electrons. The zero-order valence-electron chi connectivity index (χ0n) is 6.75. The van der Waals surface area contributed by atoms with E-state index < -0.39 is 28.5 Å². The molecule has 0 bridgehead atoms. The lowest BCUT2D eigenvalue weighted by molar-refractivity contribution is 0.0260. The van der Waals surface area contributed by atoms with Gasteiger partial charge < -0.3 is 14.9 Å². The number of ether oxygens (including phenoxy) is 1. The first-order chi connectivity index (χ1) is 5.90. The summed E-state index contributed by atoms with van der Waals surface area (Å²) in [6, 6.07) is 0. The molecule has 0 aromatic rings. The van der Waals surface area contributed by atoms with Gasteiger partial charge in [-0.25, -0.2) is 5.14 Å². The lowest BCUT2D eigenvalue weighted by atomic mass is 10.1. The highest BCUT2D eigenvalue weighted by molar-refractivity contribution is 7.87. The summed E-state index contributed by atoms with van der Waals surface area (Å²) in [6.45, 7) is -0.144. The van der Waals surface area contributed by atoms with Crippen molar-refractivity contribution >= 4 is 10.2 Å². The summed E-state index contributed by atoms with van der Waals surface area (Å²) < 4.78 is 27.7. The second-order valence-electron chi connectivity index (χ2n) is 2.82. The summed E-state index contributed by atoms with van der Waals surface area (Å²) in [5, 5.41) is 22.9. The first-order valence-electron chi connectivity index (χ1n) is 3.65. The smallest absolute Gasteiger partial charge is 0.274 e. The molecule has 0 aliphatic carbocycles. The lowest BCUT2D eigenvalue weighted by Crippen LogP contribution is -2.41. The maximum absolute atomic E-state index is 10.4. The molecule has 78 valence electrons. The molecule has 1 heterocycles. The van der Waals surface area contributed by atoms with Crippen molar-refractivity contribution in [2.75, 3.05) is 13.2 Å². The van der Waals surface area contributed by atoms with Crippen LogP contribution in [0.25, 0.3) is 0 Å². The van der Waals surface area contributed by atoms with Crippen molar-refractivity contribution in [3.63, 3.8) is 0 Å². The molecule has 3 unspecified atom stereocenters. The van der Waals surface area contributed by atoms with Crippen LogP contribution in [0.2, 0.25) is 0 Å². The Bertz CT molecular complexity index is 266. The zero-order valence-corrected chi connectivity index (χ0v) is 7.57. The fraction of sp³-hybridized carbons (Fsp3) is 1.00. The molecule has 0 aromatic heterocycles. The minimum Gasteiger partial charge on any atom is -0.388 e. The van der Waals surface area contributed by atoms with Gasteiger partial charge in [0.15, 0.2) is 0 Å². The Hall–Kier alpha value is -0.250. The highest BCUT2D eigenvalue weighted by atomic mass is 32.2. The Balaban J connectivity index is 2.39. The molecule has 0 saturated carbocycles. The standard InChI is InChI=1S/C5H12N2O5S/c6-13(10,11)7-1-4-5(9)3(8)2-12-4/h3-5,7-9H,1-2H2,(H2,6,10,11). The van der Waals surface area contributed by atoms with E-state index in [9.17, 15) is 13.5 Å². The third-order valence-corrected chi connectivity index (χ3v) is 2.31. The summed E-state index contributed by atoms with van der Waals surface area (Å²) in [5.74, 6) is 0. The minimum atomic E-state index is -3.78. The number of hydrogen-bond acceptors (Lipinski definition) is 5. The quantitative estimate of drug-likeness (QED) is 0.395. The van der Waals surface area contributed by atoms with Crippen LogP contribution in [0.15, 0.2) is 0 Å². The third-order valence-electron chi connectivity index (χ3n) is 1.74. The molecule has 1 aliphatic heterocycles. The van der Waals surface area contributed by atoms with Gasteiger partial charge in [0.25, 0.3) is 10.2 Å². The van der Waals surface area contributed by atoms with Crippen molar-refractivity contribution < 1.29 is 23.4 Å². The average molecular weight is 212 g/mol. The minimum absolute atomic E-state index is 0.00185. The molecule has 1 fully saturated rings. The number of aliphatic hydroxyl groups excluding tert-OH is 2. The highest BCUT2D eigenvalue weighted by Gasteiger charge is 2.34. The molecule has 8 heteroatoms. The molecule has 1 rings (SSSR count). The topological polar surface area (TPSA) is 122 Å². The highest BCUT2D eigenvalue weighted by Crippen LogP contribution is 2.13. The SMILES string of the molecule is NS(=O)(=O)NCC1OCC(O)C1O. The Morgan fingerprint density at radius 3 is 2.54 bits per heavy atom. The molecule has 13 heavy (non-hydrogen) atoms. The van der Waals surface area contributed by atoms with Crippen LogP contribution >= 0.6 is 0 Å². The van der Waals surface area contributed by atoms with Gasteiger partial charge in [0.05, 0.1) is 12.7 Å². The van der Waals surface area contributed by atoms with Crippen molar-refractivity contribution in [2.24, 2.45) is 5.14 Å². The number of rotatable bonds is 3. The van der Waals surface area contributed by atoms with Crippen LogP contribution in [0.5, 0.6) is 0 Å². The number of nitrogens with one attached hydrogen (secondary N) is 1. The third kappa shape index (κ3) is 3.18. The maximum Gasteiger partial charge on any atom is 0.274 e. The Morgan fingerprint density at radius 1 is 1.54 bits per heavy atom. The van der Waals surface area contributed by atoms with Crippen molar-refractivity contribution in [1.29, 1.82) is 0 Å². The molecule has 5 N–H and O–H groups in total. The Kier molecular flexibility index (Phi) is 3.22. The van der Waals surface area contributed by atoms with Gasteiger partial charge >= 0.3 is 0 Å². The van der Waals surface area contributed by atoms with Gasteiger partial charge in [0, 0.05) is 6.54 Å². The summed E-state index contributed by atoms with van der Waals surface area (Å²) in [4.78, 5) is 0. The Morgan fingerprint density at radius 2 is 2.15 bits per heavy atom. The normalized spacial score (nSPS) is 35.2. The maximum atomic E-state index is 10.4. The molecule has 3 atom stereocenters. The van der Waals surface area contributed by atoms with Gasteiger partial charge in [0.2, 0.25) is 0 Å². The molecule has 1 aliphatic rings. The summed E-state index contributed by atoms with van der Waals surface area (Å²) in [6.07, 6.45) is -2.78. The second kappa shape index (κ2) is 3.86. The molecule has 1 saturated heterocycles. The van der Waals surface area contributed by atoms with Crippen molar-refractivity contribution in [3.8, 4) is 0 Å². The van der Waals surface area contributed by atoms with Crippen LogP contribution in [0.3, 0.4) is 0 Å². The number of hydrogen-bond donors (Lipinski definition) is 4. The molecular weight excluding hydrogens is 200 g/mol. The van der Waals surface area contributed by atoms with Gasteiger partial charge in [-0.2, -0.15) is 13.1 Å². The fourth-order valence-electron chi connectivity index (χ4n) is 1.05. The summed E-state index contributed by atoms with van der Waals surface area (Å²) >= 11 is 0. The van der Waals surface area contributed by atoms with Crippen molar-refractivity contribution in [3.05, 3.63) is 0 Å². The predicted molar refractivity (Wildman–Crippen MR) is 42.9 cm³/mol. The first kappa shape index (κ1) is 10.8. The number of aliphatic hydroxyl groups is 2. The van der Waals surface area contributed by atoms with E-state index in [4.69, 9.17) is 9.84 Å². The second-order valence-corrected chi connectivity index (χ2v) is 4.20. The van der Waals surface area contributed by atoms with Crippen LogP contribution in [-0.2, 0) is 14.9 Å². The monoisotopic (exact) mass is 212 g/mol. The Labute approximate surface area is 75.7 Å². The molecule has 0 amide bonds. The van der Waals surface area contributed by atoms with E-state index in [1.54, 1.807) is 0 Å². The largest absolute Gasteiger partial charge is 0.388 e. The molecule has 0 aromatic carbocycles. The molecule has 7 nitrogen and oxygen atoms in total. The van der Waals surface area contributed by atoms with E-state index in [0.29, 0.717) is 0 Å². The van der Waals surface area contributed by atoms with Crippen LogP contribution in [0, 0.1) is 0 Å². The first-order valence-corrected chi connectivity index (χ1v) is 5.20. The van der Waals surface area contributed by atoms with Crippen LogP contribution in [0.1, 0.15) is 0 Å². The van der Waals surface area contributed by atoms with Gasteiger partial charge in [-0.05, 0) is 0 Å². The molecule has 0 spiro atoms. The lowest BCUT2D eigenvalue weighted by Gasteiger charge is -2.14. The van der Waals surface area contributed by atoms with E-state index >= 15 is 0 Å². The summed E-state index contributed by atoms with van der Waals surface area (Å²) in [5.41, 5.74) is 0. The van der Waals surface area contributed by atoms with Crippen LogP contribution in [-0.4, -0.2) is 50.1 Å². The van der Waals surface area contributed by atoms with Crippen molar-refractivity contribution in [1.82, 2.24) is 4.72 Å². The number of nitrogens with two attached hydrogens (primary N) is 1. The van der Waals surface area contributed by atoms with E-state index in [-0.39, 0.29) is 13.2 Å². The molecular formula is C5H12N2O5S. The van der Waals surface area contributed by atoms with E-state index in [1.165, 1.54) is 0 Å². The van der Waals surface area contributed by atoms with E-state index in [0.717, 1.165) is 0 Å². The van der Waals surface area contributed by atoms with Crippen molar-refractivity contribution in [2.45, 2.75) is 18.3 Å². The van der Waals surface area contributed by atoms with Crippen LogP contribution in [0.4, 0.5) is 0 Å². The van der Waals surface area contributed by atoms with E-state index in [2.05, 4.69) is 5.14 Å². The van der Waals surface area contributed by atoms with E-state index in [1.807, 2.05) is 4.72 Å². The fourth-order valence-corrected chi connectivity index (χ4v) is 1.44. The van der Waals surface area contributed by atoms with Gasteiger partial charge in [-0.15, -0.1) is 0 Å². The predicted octanol–water partition coefficient (Wildman–Crippen LogP) is -3.10. The van der Waals surface area contributed by atoms with Gasteiger partial charge in [-0.3, -0.25) is 0 Å². The summed E-state index contributed by atoms with van der Waals surface area (Å²) in [7, 11) is -3.78. The van der Waals surface area contributed by atoms with Gasteiger partial charge in [-0.1, -0.05) is 0 Å². The van der Waals surface area contributed by atoms with Gasteiger partial charge in [0.1, 0.15) is 12.2 Å². The average Bonchev–Trinajstić information content (AvgIpc) is 2.29. The van der Waals surface area contributed by atoms with Crippen LogP contribution < -0.4 is 9.86 Å².